The van der Waals surface area contributed by atoms with Crippen LogP contribution < -0.4 is 5.32 Å². The van der Waals surface area contributed by atoms with Crippen molar-refractivity contribution >= 4 is 34.2 Å². The van der Waals surface area contributed by atoms with Crippen LogP contribution in [0.3, 0.4) is 0 Å². The van der Waals surface area contributed by atoms with Crippen LogP contribution >= 0.6 is 22.6 Å². The molecule has 0 fully saturated rings. The third kappa shape index (κ3) is 3.60. The Labute approximate surface area is 133 Å². The van der Waals surface area contributed by atoms with Gasteiger partial charge in [0.25, 0.3) is 5.91 Å². The van der Waals surface area contributed by atoms with Crippen LogP contribution in [0.1, 0.15) is 34.8 Å². The van der Waals surface area contributed by atoms with Crippen molar-refractivity contribution in [2.24, 2.45) is 0 Å². The molecule has 0 aromatic heterocycles. The molecular formula is C17H18INO. The number of hydrogen-bond acceptors (Lipinski definition) is 1. The van der Waals surface area contributed by atoms with Crippen molar-refractivity contribution in [1.82, 2.24) is 0 Å². The van der Waals surface area contributed by atoms with E-state index in [1.54, 1.807) is 0 Å². The number of rotatable bonds is 4. The van der Waals surface area contributed by atoms with E-state index in [0.29, 0.717) is 0 Å². The Bertz CT molecular complexity index is 605. The zero-order valence-corrected chi connectivity index (χ0v) is 13.9. The van der Waals surface area contributed by atoms with Crippen molar-refractivity contribution in [2.75, 3.05) is 5.32 Å². The summed E-state index contributed by atoms with van der Waals surface area (Å²) >= 11 is 2.22. The van der Waals surface area contributed by atoms with Crippen LogP contribution in [0.25, 0.3) is 0 Å². The SMILES string of the molecule is CCCc1ccc(NC(=O)c2cccc(C)c2I)cc1. The van der Waals surface area contributed by atoms with E-state index >= 15 is 0 Å². The number of amides is 1. The molecule has 2 aromatic carbocycles. The highest BCUT2D eigenvalue weighted by molar-refractivity contribution is 14.1. The minimum atomic E-state index is -0.0543. The number of halogens is 1. The zero-order valence-electron chi connectivity index (χ0n) is 11.7. The molecule has 0 saturated heterocycles. The average Bonchev–Trinajstić information content (AvgIpc) is 2.44. The van der Waals surface area contributed by atoms with Gasteiger partial charge in [0.1, 0.15) is 0 Å². The molecule has 2 nitrogen and oxygen atoms in total. The summed E-state index contributed by atoms with van der Waals surface area (Å²) in [5, 5.41) is 2.95. The van der Waals surface area contributed by atoms with E-state index in [1.165, 1.54) is 5.56 Å². The first-order valence-electron chi connectivity index (χ1n) is 6.77. The Balaban J connectivity index is 2.13. The fraction of sp³-hybridized carbons (Fsp3) is 0.235. The van der Waals surface area contributed by atoms with Gasteiger partial charge in [-0.15, -0.1) is 0 Å². The second-order valence-corrected chi connectivity index (χ2v) is 5.92. The Kier molecular flexibility index (Phi) is 5.17. The van der Waals surface area contributed by atoms with Crippen LogP contribution in [-0.4, -0.2) is 5.91 Å². The third-order valence-electron chi connectivity index (χ3n) is 3.19. The van der Waals surface area contributed by atoms with Gasteiger partial charge in [-0.1, -0.05) is 37.6 Å². The zero-order chi connectivity index (χ0) is 14.5. The lowest BCUT2D eigenvalue weighted by Crippen LogP contribution is -2.13. The van der Waals surface area contributed by atoms with Gasteiger partial charge in [0.05, 0.1) is 5.56 Å². The van der Waals surface area contributed by atoms with Gasteiger partial charge in [-0.3, -0.25) is 4.79 Å². The predicted molar refractivity (Wildman–Crippen MR) is 92.3 cm³/mol. The van der Waals surface area contributed by atoms with Crippen LogP contribution in [0.2, 0.25) is 0 Å². The van der Waals surface area contributed by atoms with Crippen molar-refractivity contribution in [2.45, 2.75) is 26.7 Å². The third-order valence-corrected chi connectivity index (χ3v) is 4.62. The van der Waals surface area contributed by atoms with Gasteiger partial charge >= 0.3 is 0 Å². The number of nitrogens with one attached hydrogen (secondary N) is 1. The first-order valence-corrected chi connectivity index (χ1v) is 7.85. The summed E-state index contributed by atoms with van der Waals surface area (Å²) in [5.41, 5.74) is 3.99. The molecule has 1 amide bonds. The van der Waals surface area contributed by atoms with E-state index in [9.17, 15) is 4.79 Å². The van der Waals surface area contributed by atoms with Crippen LogP contribution in [-0.2, 0) is 6.42 Å². The fourth-order valence-corrected chi connectivity index (χ4v) is 2.67. The second-order valence-electron chi connectivity index (χ2n) is 4.84. The molecule has 0 aliphatic carbocycles. The van der Waals surface area contributed by atoms with E-state index in [0.717, 1.165) is 33.2 Å². The maximum Gasteiger partial charge on any atom is 0.256 e. The highest BCUT2D eigenvalue weighted by atomic mass is 127. The van der Waals surface area contributed by atoms with E-state index in [4.69, 9.17) is 0 Å². The molecule has 0 radical (unpaired) electrons. The number of anilines is 1. The lowest BCUT2D eigenvalue weighted by molar-refractivity contribution is 0.102. The van der Waals surface area contributed by atoms with Crippen molar-refractivity contribution in [3.63, 3.8) is 0 Å². The van der Waals surface area contributed by atoms with Gasteiger partial charge in [0, 0.05) is 9.26 Å². The summed E-state index contributed by atoms with van der Waals surface area (Å²) in [7, 11) is 0. The first-order chi connectivity index (χ1) is 9.61. The quantitative estimate of drug-likeness (QED) is 0.760. The molecule has 0 aliphatic rings. The molecule has 0 spiro atoms. The summed E-state index contributed by atoms with van der Waals surface area (Å²) < 4.78 is 1.00. The van der Waals surface area contributed by atoms with E-state index < -0.39 is 0 Å². The van der Waals surface area contributed by atoms with Crippen molar-refractivity contribution in [1.29, 1.82) is 0 Å². The highest BCUT2D eigenvalue weighted by Crippen LogP contribution is 2.19. The van der Waals surface area contributed by atoms with Gasteiger partial charge in [-0.05, 0) is 65.3 Å². The topological polar surface area (TPSA) is 29.1 Å². The highest BCUT2D eigenvalue weighted by Gasteiger charge is 2.11. The molecule has 20 heavy (non-hydrogen) atoms. The minimum absolute atomic E-state index is 0.0543. The van der Waals surface area contributed by atoms with Crippen molar-refractivity contribution in [3.05, 3.63) is 62.7 Å². The second kappa shape index (κ2) is 6.88. The Morgan fingerprint density at radius 2 is 1.85 bits per heavy atom. The van der Waals surface area contributed by atoms with Gasteiger partial charge in [0.15, 0.2) is 0 Å². The molecule has 3 heteroatoms. The van der Waals surface area contributed by atoms with Crippen LogP contribution in [0.4, 0.5) is 5.69 Å². The number of aryl methyl sites for hydroxylation is 2. The summed E-state index contributed by atoms with van der Waals surface area (Å²) in [5.74, 6) is -0.0543. The van der Waals surface area contributed by atoms with E-state index in [2.05, 4.69) is 47.0 Å². The maximum atomic E-state index is 12.3. The Morgan fingerprint density at radius 3 is 2.50 bits per heavy atom. The van der Waals surface area contributed by atoms with E-state index in [-0.39, 0.29) is 5.91 Å². The molecule has 0 aliphatic heterocycles. The number of benzene rings is 2. The van der Waals surface area contributed by atoms with Crippen LogP contribution in [0.15, 0.2) is 42.5 Å². The summed E-state index contributed by atoms with van der Waals surface area (Å²) in [6.45, 7) is 4.17. The average molecular weight is 379 g/mol. The fourth-order valence-electron chi connectivity index (χ4n) is 2.06. The Morgan fingerprint density at radius 1 is 1.15 bits per heavy atom. The van der Waals surface area contributed by atoms with Gasteiger partial charge in [-0.2, -0.15) is 0 Å². The summed E-state index contributed by atoms with van der Waals surface area (Å²) in [4.78, 5) is 12.3. The number of carbonyl (C=O) groups is 1. The smallest absolute Gasteiger partial charge is 0.256 e. The molecular weight excluding hydrogens is 361 g/mol. The molecule has 0 atom stereocenters. The van der Waals surface area contributed by atoms with Gasteiger partial charge in [-0.25, -0.2) is 0 Å². The molecule has 0 unspecified atom stereocenters. The monoisotopic (exact) mass is 379 g/mol. The van der Waals surface area contributed by atoms with Gasteiger partial charge < -0.3 is 5.32 Å². The molecule has 2 rings (SSSR count). The molecule has 2 aromatic rings. The summed E-state index contributed by atoms with van der Waals surface area (Å²) in [6, 6.07) is 13.8. The van der Waals surface area contributed by atoms with Gasteiger partial charge in [0.2, 0.25) is 0 Å². The minimum Gasteiger partial charge on any atom is -0.322 e. The largest absolute Gasteiger partial charge is 0.322 e. The van der Waals surface area contributed by atoms with Crippen molar-refractivity contribution in [3.8, 4) is 0 Å². The molecule has 0 heterocycles. The lowest BCUT2D eigenvalue weighted by atomic mass is 10.1. The Hall–Kier alpha value is -1.36. The normalized spacial score (nSPS) is 10.3. The molecule has 0 bridgehead atoms. The lowest BCUT2D eigenvalue weighted by Gasteiger charge is -2.09. The summed E-state index contributed by atoms with van der Waals surface area (Å²) in [6.07, 6.45) is 2.21. The van der Waals surface area contributed by atoms with Crippen LogP contribution in [0, 0.1) is 10.5 Å². The molecule has 104 valence electrons. The standard InChI is InChI=1S/C17H18INO/c1-3-5-13-8-10-14(11-9-13)19-17(20)15-7-4-6-12(2)16(15)18/h4,6-11H,3,5H2,1-2H3,(H,19,20). The number of hydrogen-bond donors (Lipinski definition) is 1. The maximum absolute atomic E-state index is 12.3. The predicted octanol–water partition coefficient (Wildman–Crippen LogP) is 4.80. The molecule has 1 N–H and O–H groups in total. The van der Waals surface area contributed by atoms with Crippen LogP contribution in [0.5, 0.6) is 0 Å². The molecule has 0 saturated carbocycles. The first kappa shape index (κ1) is 15.0. The van der Waals surface area contributed by atoms with Crippen molar-refractivity contribution < 1.29 is 4.79 Å². The number of carbonyl (C=O) groups excluding carboxylic acids is 1. The van der Waals surface area contributed by atoms with E-state index in [1.807, 2.05) is 37.3 Å².